The van der Waals surface area contributed by atoms with E-state index in [0.717, 1.165) is 22.1 Å². The van der Waals surface area contributed by atoms with Gasteiger partial charge >= 0.3 is 0 Å². The summed E-state index contributed by atoms with van der Waals surface area (Å²) in [5.41, 5.74) is 7.29. The van der Waals surface area contributed by atoms with Crippen molar-refractivity contribution in [1.29, 1.82) is 0 Å². The third-order valence-corrected chi connectivity index (χ3v) is 5.72. The van der Waals surface area contributed by atoms with Crippen LogP contribution in [0.1, 0.15) is 22.7 Å². The van der Waals surface area contributed by atoms with Crippen LogP contribution < -0.4 is 11.0 Å². The van der Waals surface area contributed by atoms with Crippen molar-refractivity contribution in [3.05, 3.63) is 99.8 Å². The molecule has 0 saturated carbocycles. The zero-order chi connectivity index (χ0) is 21.5. The Hall–Kier alpha value is -4.06. The number of nitrogens with zero attached hydrogens (tertiary/aromatic N) is 3. The Morgan fingerprint density at radius 2 is 1.52 bits per heavy atom. The summed E-state index contributed by atoms with van der Waals surface area (Å²) in [6.45, 7) is 4.10. The Morgan fingerprint density at radius 1 is 0.806 bits per heavy atom. The summed E-state index contributed by atoms with van der Waals surface area (Å²) in [6.07, 6.45) is 0. The summed E-state index contributed by atoms with van der Waals surface area (Å²) in [5.74, 6) is -0.380. The van der Waals surface area contributed by atoms with Gasteiger partial charge in [0.15, 0.2) is 6.04 Å². The van der Waals surface area contributed by atoms with Crippen molar-refractivity contribution >= 4 is 22.4 Å². The maximum Gasteiger partial charge on any atom is 0.275 e. The fourth-order valence-electron chi connectivity index (χ4n) is 3.90. The van der Waals surface area contributed by atoms with Gasteiger partial charge in [0.1, 0.15) is 5.71 Å². The third-order valence-electron chi connectivity index (χ3n) is 5.72. The molecule has 4 aromatic rings. The maximum absolute atomic E-state index is 13.4. The van der Waals surface area contributed by atoms with Crippen molar-refractivity contribution in [1.82, 2.24) is 15.2 Å². The molecule has 6 nitrogen and oxygen atoms in total. The van der Waals surface area contributed by atoms with Crippen LogP contribution in [0.5, 0.6) is 0 Å². The molecule has 0 bridgehead atoms. The standard InChI is InChI=1S/C25H20N4O2/c1-15-12-13-18(14-16(15)2)21-19-10-6-7-11-20(19)25(31)29(28-21)23-22(26-27-24(23)30)17-8-4-3-5-9-17/h3-14,23H,1-2H3,(H,27,30). The second kappa shape index (κ2) is 7.32. The van der Waals surface area contributed by atoms with Gasteiger partial charge in [0.25, 0.3) is 11.5 Å². The van der Waals surface area contributed by atoms with Crippen molar-refractivity contribution in [3.63, 3.8) is 0 Å². The average molecular weight is 408 g/mol. The van der Waals surface area contributed by atoms with Crippen molar-refractivity contribution < 1.29 is 4.79 Å². The number of amides is 1. The summed E-state index contributed by atoms with van der Waals surface area (Å²) in [4.78, 5) is 26.2. The number of rotatable bonds is 3. The number of hydrazone groups is 1. The van der Waals surface area contributed by atoms with Gasteiger partial charge in [-0.05, 0) is 37.1 Å². The predicted octanol–water partition coefficient (Wildman–Crippen LogP) is 3.76. The number of fused-ring (bicyclic) bond motifs is 1. The number of carbonyl (C=O) groups is 1. The number of hydrogen-bond donors (Lipinski definition) is 1. The van der Waals surface area contributed by atoms with Gasteiger partial charge < -0.3 is 0 Å². The van der Waals surface area contributed by atoms with E-state index in [0.29, 0.717) is 16.8 Å². The number of carbonyl (C=O) groups excluding carboxylic acids is 1. The van der Waals surface area contributed by atoms with Gasteiger partial charge in [0.05, 0.1) is 11.1 Å². The molecule has 1 aliphatic heterocycles. The van der Waals surface area contributed by atoms with E-state index in [1.54, 1.807) is 6.07 Å². The SMILES string of the molecule is Cc1ccc(-c2nn(C3C(=O)NN=C3c3ccccc3)c(=O)c3ccccc23)cc1C. The van der Waals surface area contributed by atoms with E-state index in [9.17, 15) is 9.59 Å². The van der Waals surface area contributed by atoms with Gasteiger partial charge in [-0.3, -0.25) is 9.59 Å². The molecular weight excluding hydrogens is 388 g/mol. The molecule has 0 aliphatic carbocycles. The quantitative estimate of drug-likeness (QED) is 0.561. The van der Waals surface area contributed by atoms with Crippen LogP contribution in [0.15, 0.2) is 82.7 Å². The van der Waals surface area contributed by atoms with Gasteiger partial charge in [-0.1, -0.05) is 60.7 Å². The molecule has 1 aliphatic rings. The van der Waals surface area contributed by atoms with Gasteiger partial charge in [-0.25, -0.2) is 10.1 Å². The van der Waals surface area contributed by atoms with Crippen molar-refractivity contribution in [2.24, 2.45) is 5.10 Å². The first-order valence-electron chi connectivity index (χ1n) is 10.1. The maximum atomic E-state index is 13.4. The van der Waals surface area contributed by atoms with Crippen LogP contribution >= 0.6 is 0 Å². The summed E-state index contributed by atoms with van der Waals surface area (Å²) in [5, 5.41) is 10.2. The molecule has 0 fully saturated rings. The van der Waals surface area contributed by atoms with Crippen LogP contribution in [0.2, 0.25) is 0 Å². The van der Waals surface area contributed by atoms with E-state index >= 15 is 0 Å². The predicted molar refractivity (Wildman–Crippen MR) is 121 cm³/mol. The van der Waals surface area contributed by atoms with Crippen LogP contribution in [-0.4, -0.2) is 21.4 Å². The lowest BCUT2D eigenvalue weighted by Crippen LogP contribution is -2.37. The van der Waals surface area contributed by atoms with Crippen molar-refractivity contribution in [2.45, 2.75) is 19.9 Å². The van der Waals surface area contributed by atoms with E-state index in [-0.39, 0.29) is 11.5 Å². The Morgan fingerprint density at radius 3 is 2.26 bits per heavy atom. The molecule has 0 saturated heterocycles. The molecule has 1 amide bonds. The van der Waals surface area contributed by atoms with Crippen molar-refractivity contribution in [2.75, 3.05) is 0 Å². The largest absolute Gasteiger partial charge is 0.275 e. The van der Waals surface area contributed by atoms with E-state index in [2.05, 4.69) is 23.5 Å². The second-order valence-electron chi connectivity index (χ2n) is 7.68. The number of aromatic nitrogens is 2. The van der Waals surface area contributed by atoms with E-state index in [1.165, 1.54) is 10.2 Å². The molecule has 0 spiro atoms. The number of hydrogen-bond acceptors (Lipinski definition) is 4. The highest BCUT2D eigenvalue weighted by Crippen LogP contribution is 2.28. The van der Waals surface area contributed by atoms with Gasteiger partial charge in [-0.2, -0.15) is 10.2 Å². The first kappa shape index (κ1) is 18.9. The van der Waals surface area contributed by atoms with Gasteiger partial charge in [0, 0.05) is 16.5 Å². The summed E-state index contributed by atoms with van der Waals surface area (Å²) in [7, 11) is 0. The number of aryl methyl sites for hydroxylation is 2. The molecular formula is C25H20N4O2. The summed E-state index contributed by atoms with van der Waals surface area (Å²) < 4.78 is 1.26. The van der Waals surface area contributed by atoms with Crippen LogP contribution in [0, 0.1) is 13.8 Å². The molecule has 31 heavy (non-hydrogen) atoms. The zero-order valence-corrected chi connectivity index (χ0v) is 17.2. The fraction of sp³-hybridized carbons (Fsp3) is 0.120. The molecule has 1 aromatic heterocycles. The summed E-state index contributed by atoms with van der Waals surface area (Å²) >= 11 is 0. The Labute approximate surface area is 178 Å². The number of nitrogens with one attached hydrogen (secondary N) is 1. The smallest absolute Gasteiger partial charge is 0.270 e. The molecule has 1 unspecified atom stereocenters. The molecule has 1 N–H and O–H groups in total. The first-order chi connectivity index (χ1) is 15.0. The minimum atomic E-state index is -0.940. The summed E-state index contributed by atoms with van der Waals surface area (Å²) in [6, 6.07) is 21.9. The molecule has 1 atom stereocenters. The highest BCUT2D eigenvalue weighted by Gasteiger charge is 2.35. The van der Waals surface area contributed by atoms with E-state index in [1.807, 2.05) is 67.6 Å². The third kappa shape index (κ3) is 3.13. The molecule has 2 heterocycles. The highest BCUT2D eigenvalue weighted by atomic mass is 16.2. The normalized spacial score (nSPS) is 15.7. The lowest BCUT2D eigenvalue weighted by Gasteiger charge is -2.17. The van der Waals surface area contributed by atoms with Crippen LogP contribution in [-0.2, 0) is 4.79 Å². The monoisotopic (exact) mass is 408 g/mol. The Bertz CT molecular complexity index is 1420. The van der Waals surface area contributed by atoms with Crippen LogP contribution in [0.4, 0.5) is 0 Å². The van der Waals surface area contributed by atoms with E-state index < -0.39 is 6.04 Å². The van der Waals surface area contributed by atoms with Crippen LogP contribution in [0.3, 0.4) is 0 Å². The minimum Gasteiger partial charge on any atom is -0.270 e. The zero-order valence-electron chi connectivity index (χ0n) is 17.2. The number of benzene rings is 3. The van der Waals surface area contributed by atoms with Crippen LogP contribution in [0.25, 0.3) is 22.0 Å². The lowest BCUT2D eigenvalue weighted by molar-refractivity contribution is -0.121. The average Bonchev–Trinajstić information content (AvgIpc) is 3.18. The van der Waals surface area contributed by atoms with Gasteiger partial charge in [0.2, 0.25) is 0 Å². The second-order valence-corrected chi connectivity index (χ2v) is 7.68. The molecule has 5 rings (SSSR count). The highest BCUT2D eigenvalue weighted by molar-refractivity contribution is 6.17. The molecule has 3 aromatic carbocycles. The molecule has 6 heteroatoms. The molecule has 0 radical (unpaired) electrons. The molecule has 152 valence electrons. The van der Waals surface area contributed by atoms with Gasteiger partial charge in [-0.15, -0.1) is 0 Å². The lowest BCUT2D eigenvalue weighted by atomic mass is 10.00. The van der Waals surface area contributed by atoms with Crippen molar-refractivity contribution in [3.8, 4) is 11.3 Å². The Balaban J connectivity index is 1.77. The minimum absolute atomic E-state index is 0.325. The van der Waals surface area contributed by atoms with E-state index in [4.69, 9.17) is 5.10 Å². The fourth-order valence-corrected chi connectivity index (χ4v) is 3.90. The topological polar surface area (TPSA) is 76.3 Å². The Kier molecular flexibility index (Phi) is 4.47. The first-order valence-corrected chi connectivity index (χ1v) is 10.1.